The number of allylic oxidation sites excluding steroid dienone is 2. The second-order valence-corrected chi connectivity index (χ2v) is 1.10. The molecule has 0 fully saturated rings. The van der Waals surface area contributed by atoms with E-state index in [4.69, 9.17) is 5.26 Å². The molecule has 0 aromatic heterocycles. The van der Waals surface area contributed by atoms with E-state index >= 15 is 0 Å². The Kier molecular flexibility index (Phi) is 2.62. The summed E-state index contributed by atoms with van der Waals surface area (Å²) in [7, 11) is 0. The van der Waals surface area contributed by atoms with Crippen LogP contribution in [-0.2, 0) is 4.79 Å². The fraction of sp³-hybridized carbons (Fsp3) is 0.200. The van der Waals surface area contributed by atoms with Crippen molar-refractivity contribution in [3.05, 3.63) is 11.6 Å². The molecule has 2 heteroatoms. The molecule has 0 saturated heterocycles. The van der Waals surface area contributed by atoms with Crippen LogP contribution in [0, 0.1) is 11.3 Å². The summed E-state index contributed by atoms with van der Waals surface area (Å²) < 4.78 is 0. The molecule has 0 bridgehead atoms. The zero-order valence-corrected chi connectivity index (χ0v) is 4.01. The first-order valence-corrected chi connectivity index (χ1v) is 1.83. The van der Waals surface area contributed by atoms with E-state index in [1.807, 2.05) is 0 Å². The van der Waals surface area contributed by atoms with Crippen LogP contribution in [0.1, 0.15) is 6.92 Å². The highest BCUT2D eigenvalue weighted by Crippen LogP contribution is 1.82. The van der Waals surface area contributed by atoms with Crippen LogP contribution in [0.3, 0.4) is 0 Å². The molecule has 0 aliphatic rings. The van der Waals surface area contributed by atoms with Gasteiger partial charge in [-0.1, -0.05) is 0 Å². The van der Waals surface area contributed by atoms with Gasteiger partial charge < -0.3 is 0 Å². The normalized spacial score (nSPS) is 10.0. The molecular weight excluding hydrogens is 90.1 g/mol. The predicted octanol–water partition coefficient (Wildman–Crippen LogP) is 0.655. The molecule has 7 heavy (non-hydrogen) atoms. The van der Waals surface area contributed by atoms with Gasteiger partial charge >= 0.3 is 0 Å². The zero-order valence-electron chi connectivity index (χ0n) is 4.01. The van der Waals surface area contributed by atoms with Crippen LogP contribution >= 0.6 is 0 Å². The van der Waals surface area contributed by atoms with E-state index in [2.05, 4.69) is 0 Å². The van der Waals surface area contributed by atoms with Gasteiger partial charge in [0.25, 0.3) is 0 Å². The molecule has 0 unspecified atom stereocenters. The molecule has 0 saturated carbocycles. The van der Waals surface area contributed by atoms with Crippen LogP contribution in [0.2, 0.25) is 0 Å². The van der Waals surface area contributed by atoms with Gasteiger partial charge in [0.2, 0.25) is 0 Å². The van der Waals surface area contributed by atoms with Crippen molar-refractivity contribution in [3.8, 4) is 6.07 Å². The molecule has 0 aromatic rings. The minimum absolute atomic E-state index is 0.440. The fourth-order valence-corrected chi connectivity index (χ4v) is 0.139. The predicted molar refractivity (Wildman–Crippen MR) is 25.4 cm³/mol. The van der Waals surface area contributed by atoms with Gasteiger partial charge in [-0.05, 0) is 13.0 Å². The minimum atomic E-state index is 0.440. The van der Waals surface area contributed by atoms with Gasteiger partial charge in [-0.3, -0.25) is 4.79 Å². The molecule has 0 N–H and O–H groups in total. The van der Waals surface area contributed by atoms with E-state index in [9.17, 15) is 4.79 Å². The van der Waals surface area contributed by atoms with E-state index in [1.165, 1.54) is 6.08 Å². The third-order valence-corrected chi connectivity index (χ3v) is 0.494. The highest BCUT2D eigenvalue weighted by atomic mass is 16.1. The molecule has 0 aliphatic heterocycles. The quantitative estimate of drug-likeness (QED) is 0.272. The second kappa shape index (κ2) is 3.10. The SMILES string of the molecule is C/C(C#N)=C\C=O. The number of carbonyl (C=O) groups is 1. The van der Waals surface area contributed by atoms with Crippen LogP contribution in [0.25, 0.3) is 0 Å². The molecule has 0 aliphatic carbocycles. The minimum Gasteiger partial charge on any atom is -0.299 e. The first-order chi connectivity index (χ1) is 3.31. The van der Waals surface area contributed by atoms with Crippen molar-refractivity contribution in [2.24, 2.45) is 0 Å². The topological polar surface area (TPSA) is 40.9 Å². The zero-order chi connectivity index (χ0) is 5.70. The lowest BCUT2D eigenvalue weighted by Crippen LogP contribution is -1.66. The van der Waals surface area contributed by atoms with E-state index in [-0.39, 0.29) is 0 Å². The number of carbonyl (C=O) groups excluding carboxylic acids is 1. The molecular formula is C5H5NO. The number of aldehydes is 1. The average Bonchev–Trinajstić information content (AvgIpc) is 1.68. The standard InChI is InChI=1S/C5H5NO/c1-5(4-6)2-3-7/h2-3H,1H3/b5-2+. The van der Waals surface area contributed by atoms with Crippen molar-refractivity contribution in [1.29, 1.82) is 5.26 Å². The van der Waals surface area contributed by atoms with Gasteiger partial charge in [0, 0.05) is 5.57 Å². The van der Waals surface area contributed by atoms with Crippen LogP contribution in [0.5, 0.6) is 0 Å². The Balaban J connectivity index is 3.80. The maximum absolute atomic E-state index is 9.55. The third kappa shape index (κ3) is 2.71. The van der Waals surface area contributed by atoms with Crippen molar-refractivity contribution in [2.75, 3.05) is 0 Å². The number of hydrogen-bond donors (Lipinski definition) is 0. The number of hydrogen-bond acceptors (Lipinski definition) is 2. The van der Waals surface area contributed by atoms with Crippen LogP contribution in [0.15, 0.2) is 11.6 Å². The lowest BCUT2D eigenvalue weighted by molar-refractivity contribution is -0.104. The van der Waals surface area contributed by atoms with Crippen molar-refractivity contribution >= 4 is 6.29 Å². The van der Waals surface area contributed by atoms with E-state index in [0.29, 0.717) is 11.9 Å². The van der Waals surface area contributed by atoms with Gasteiger partial charge in [-0.15, -0.1) is 0 Å². The van der Waals surface area contributed by atoms with Crippen molar-refractivity contribution in [1.82, 2.24) is 0 Å². The van der Waals surface area contributed by atoms with Crippen LogP contribution in [-0.4, -0.2) is 6.29 Å². The first-order valence-electron chi connectivity index (χ1n) is 1.83. The number of nitrogens with zero attached hydrogens (tertiary/aromatic N) is 1. The fourth-order valence-electron chi connectivity index (χ4n) is 0.139. The molecule has 0 aromatic carbocycles. The summed E-state index contributed by atoms with van der Waals surface area (Å²) in [6, 6.07) is 1.80. The summed E-state index contributed by atoms with van der Waals surface area (Å²) in [5.41, 5.74) is 0.440. The lowest BCUT2D eigenvalue weighted by Gasteiger charge is -1.70. The third-order valence-electron chi connectivity index (χ3n) is 0.494. The van der Waals surface area contributed by atoms with Gasteiger partial charge in [0.15, 0.2) is 0 Å². The van der Waals surface area contributed by atoms with Gasteiger partial charge in [0.05, 0.1) is 6.07 Å². The monoisotopic (exact) mass is 95.0 g/mol. The average molecular weight is 95.1 g/mol. The second-order valence-electron chi connectivity index (χ2n) is 1.10. The van der Waals surface area contributed by atoms with E-state index in [0.717, 1.165) is 0 Å². The Labute approximate surface area is 42.1 Å². The summed E-state index contributed by atoms with van der Waals surface area (Å²) in [6.45, 7) is 1.58. The molecule has 2 nitrogen and oxygen atoms in total. The molecule has 36 valence electrons. The molecule has 0 radical (unpaired) electrons. The summed E-state index contributed by atoms with van der Waals surface area (Å²) >= 11 is 0. The molecule has 0 rings (SSSR count). The van der Waals surface area contributed by atoms with Crippen molar-refractivity contribution in [2.45, 2.75) is 6.92 Å². The summed E-state index contributed by atoms with van der Waals surface area (Å²) in [5, 5.41) is 7.99. The summed E-state index contributed by atoms with van der Waals surface area (Å²) in [5.74, 6) is 0. The van der Waals surface area contributed by atoms with Crippen molar-refractivity contribution in [3.63, 3.8) is 0 Å². The van der Waals surface area contributed by atoms with Crippen LogP contribution in [0.4, 0.5) is 0 Å². The smallest absolute Gasteiger partial charge is 0.143 e. The van der Waals surface area contributed by atoms with Gasteiger partial charge in [0.1, 0.15) is 6.29 Å². The largest absolute Gasteiger partial charge is 0.299 e. The lowest BCUT2D eigenvalue weighted by atomic mass is 10.3. The molecule has 0 atom stereocenters. The molecule has 0 heterocycles. The summed E-state index contributed by atoms with van der Waals surface area (Å²) in [6.07, 6.45) is 1.82. The number of rotatable bonds is 1. The Hall–Kier alpha value is -1.10. The van der Waals surface area contributed by atoms with Crippen molar-refractivity contribution < 1.29 is 4.79 Å². The Morgan fingerprint density at radius 3 is 2.57 bits per heavy atom. The highest BCUT2D eigenvalue weighted by Gasteiger charge is 1.75. The molecule has 0 spiro atoms. The first kappa shape index (κ1) is 5.90. The highest BCUT2D eigenvalue weighted by molar-refractivity contribution is 5.67. The maximum atomic E-state index is 9.55. The maximum Gasteiger partial charge on any atom is 0.143 e. The van der Waals surface area contributed by atoms with Gasteiger partial charge in [-0.25, -0.2) is 0 Å². The Morgan fingerprint density at radius 1 is 1.86 bits per heavy atom. The van der Waals surface area contributed by atoms with Crippen LogP contribution < -0.4 is 0 Å². The number of nitriles is 1. The Morgan fingerprint density at radius 2 is 2.43 bits per heavy atom. The Bertz CT molecular complexity index is 130. The van der Waals surface area contributed by atoms with E-state index in [1.54, 1.807) is 13.0 Å². The van der Waals surface area contributed by atoms with Gasteiger partial charge in [-0.2, -0.15) is 5.26 Å². The summed E-state index contributed by atoms with van der Waals surface area (Å²) in [4.78, 5) is 9.55. The van der Waals surface area contributed by atoms with E-state index < -0.39 is 0 Å². The molecule has 0 amide bonds.